The van der Waals surface area contributed by atoms with E-state index in [2.05, 4.69) is 35.2 Å². The minimum Gasteiger partial charge on any atom is -0.350 e. The zero-order valence-electron chi connectivity index (χ0n) is 14.9. The molecule has 1 aromatic carbocycles. The summed E-state index contributed by atoms with van der Waals surface area (Å²) in [5.41, 5.74) is 1.39. The molecule has 3 heterocycles. The lowest BCUT2D eigenvalue weighted by atomic mass is 9.76. The van der Waals surface area contributed by atoms with Gasteiger partial charge in [-0.1, -0.05) is 36.8 Å². The number of benzene rings is 1. The number of fused-ring (bicyclic) bond motifs is 2. The molecule has 0 spiro atoms. The van der Waals surface area contributed by atoms with Crippen LogP contribution in [0.1, 0.15) is 50.5 Å². The molecule has 3 saturated heterocycles. The van der Waals surface area contributed by atoms with Crippen molar-refractivity contribution in [2.24, 2.45) is 5.92 Å². The average Bonchev–Trinajstić information content (AvgIpc) is 3.14. The first-order valence-corrected chi connectivity index (χ1v) is 9.85. The normalized spacial score (nSPS) is 30.5. The first-order valence-electron chi connectivity index (χ1n) is 9.85. The first kappa shape index (κ1) is 17.2. The van der Waals surface area contributed by atoms with Crippen molar-refractivity contribution >= 4 is 5.78 Å². The van der Waals surface area contributed by atoms with Gasteiger partial charge in [0.1, 0.15) is 5.78 Å². The maximum Gasteiger partial charge on any atom is 0.158 e. The van der Waals surface area contributed by atoms with E-state index in [0.29, 0.717) is 37.5 Å². The van der Waals surface area contributed by atoms with Crippen molar-refractivity contribution in [3.63, 3.8) is 0 Å². The Labute approximate surface area is 150 Å². The zero-order valence-corrected chi connectivity index (χ0v) is 14.9. The van der Waals surface area contributed by atoms with Gasteiger partial charge in [0.25, 0.3) is 0 Å². The molecule has 3 aliphatic rings. The molecule has 0 aromatic heterocycles. The van der Waals surface area contributed by atoms with Gasteiger partial charge < -0.3 is 9.47 Å². The van der Waals surface area contributed by atoms with Crippen LogP contribution in [-0.2, 0) is 20.8 Å². The van der Waals surface area contributed by atoms with Gasteiger partial charge in [-0.25, -0.2) is 0 Å². The molecule has 3 aliphatic heterocycles. The van der Waals surface area contributed by atoms with Crippen LogP contribution in [-0.4, -0.2) is 42.3 Å². The molecule has 4 rings (SSSR count). The van der Waals surface area contributed by atoms with E-state index in [1.807, 2.05) is 0 Å². The predicted molar refractivity (Wildman–Crippen MR) is 96.1 cm³/mol. The summed E-state index contributed by atoms with van der Waals surface area (Å²) < 4.78 is 10.9. The molecule has 0 aliphatic carbocycles. The summed E-state index contributed by atoms with van der Waals surface area (Å²) >= 11 is 0. The van der Waals surface area contributed by atoms with E-state index in [9.17, 15) is 4.79 Å². The van der Waals surface area contributed by atoms with Crippen LogP contribution in [0.25, 0.3) is 0 Å². The summed E-state index contributed by atoms with van der Waals surface area (Å²) in [6.07, 6.45) is 7.03. The third-order valence-corrected chi connectivity index (χ3v) is 6.11. The van der Waals surface area contributed by atoms with E-state index in [1.165, 1.54) is 24.8 Å². The van der Waals surface area contributed by atoms with Crippen molar-refractivity contribution in [1.29, 1.82) is 0 Å². The van der Waals surface area contributed by atoms with Crippen molar-refractivity contribution in [3.8, 4) is 0 Å². The Morgan fingerprint density at radius 3 is 2.40 bits per heavy atom. The van der Waals surface area contributed by atoms with E-state index >= 15 is 0 Å². The Morgan fingerprint density at radius 2 is 1.72 bits per heavy atom. The highest BCUT2D eigenvalue weighted by molar-refractivity contribution is 5.81. The van der Waals surface area contributed by atoms with E-state index in [4.69, 9.17) is 9.47 Å². The Balaban J connectivity index is 1.34. The minimum atomic E-state index is -0.151. The summed E-state index contributed by atoms with van der Waals surface area (Å²) in [7, 11) is 0. The highest BCUT2D eigenvalue weighted by Gasteiger charge is 2.40. The maximum atomic E-state index is 12.7. The number of carbonyl (C=O) groups is 1. The Hall–Kier alpha value is -1.23. The summed E-state index contributed by atoms with van der Waals surface area (Å²) in [5, 5.41) is 0. The van der Waals surface area contributed by atoms with Gasteiger partial charge in [0.2, 0.25) is 0 Å². The number of hydrogen-bond donors (Lipinski definition) is 0. The third kappa shape index (κ3) is 4.13. The average molecular weight is 343 g/mol. The second kappa shape index (κ2) is 7.98. The van der Waals surface area contributed by atoms with Crippen molar-refractivity contribution in [3.05, 3.63) is 35.9 Å². The lowest BCUT2D eigenvalue weighted by Crippen LogP contribution is -2.52. The van der Waals surface area contributed by atoms with Crippen molar-refractivity contribution in [1.82, 2.24) is 4.90 Å². The maximum absolute atomic E-state index is 12.7. The second-order valence-corrected chi connectivity index (χ2v) is 7.74. The zero-order chi connectivity index (χ0) is 17.1. The lowest BCUT2D eigenvalue weighted by molar-refractivity contribution is -0.129. The van der Waals surface area contributed by atoms with Crippen LogP contribution in [0.2, 0.25) is 0 Å². The van der Waals surface area contributed by atoms with Crippen molar-refractivity contribution in [2.45, 2.75) is 69.9 Å². The number of piperidine rings is 2. The Kier molecular flexibility index (Phi) is 5.49. The number of ketones is 1. The number of Topliss-reactive ketones (excluding diaryl/α,β-unsaturated/α-hetero) is 1. The molecule has 25 heavy (non-hydrogen) atoms. The van der Waals surface area contributed by atoms with Crippen LogP contribution in [0.15, 0.2) is 30.3 Å². The van der Waals surface area contributed by atoms with Crippen LogP contribution in [0.4, 0.5) is 0 Å². The molecule has 3 fully saturated rings. The highest BCUT2D eigenvalue weighted by atomic mass is 16.7. The van der Waals surface area contributed by atoms with Gasteiger partial charge in [0.05, 0.1) is 13.2 Å². The van der Waals surface area contributed by atoms with Crippen LogP contribution < -0.4 is 0 Å². The fraction of sp³-hybridized carbons (Fsp3) is 0.667. The van der Waals surface area contributed by atoms with E-state index in [-0.39, 0.29) is 12.2 Å². The van der Waals surface area contributed by atoms with Crippen LogP contribution in [0, 0.1) is 5.92 Å². The second-order valence-electron chi connectivity index (χ2n) is 7.74. The molecule has 136 valence electrons. The number of rotatable bonds is 6. The molecular weight excluding hydrogens is 314 g/mol. The Bertz CT molecular complexity index is 556. The summed E-state index contributed by atoms with van der Waals surface area (Å²) in [6.45, 7) is 2.36. The van der Waals surface area contributed by atoms with E-state index < -0.39 is 0 Å². The van der Waals surface area contributed by atoms with Gasteiger partial charge in [0, 0.05) is 37.4 Å². The predicted octanol–water partition coefficient (Wildman–Crippen LogP) is 3.54. The van der Waals surface area contributed by atoms with Gasteiger partial charge in [-0.3, -0.25) is 9.69 Å². The molecule has 2 atom stereocenters. The molecular formula is C21H29NO3. The summed E-state index contributed by atoms with van der Waals surface area (Å²) in [4.78, 5) is 15.4. The topological polar surface area (TPSA) is 38.8 Å². The fourth-order valence-corrected chi connectivity index (χ4v) is 4.83. The number of hydrogen-bond acceptors (Lipinski definition) is 4. The molecule has 0 saturated carbocycles. The quantitative estimate of drug-likeness (QED) is 0.792. The van der Waals surface area contributed by atoms with Crippen LogP contribution in [0.3, 0.4) is 0 Å². The van der Waals surface area contributed by atoms with Gasteiger partial charge in [-0.05, 0) is 31.2 Å². The molecule has 0 radical (unpaired) electrons. The molecule has 4 heteroatoms. The smallest absolute Gasteiger partial charge is 0.158 e. The number of carbonyl (C=O) groups excluding carboxylic acids is 1. The highest BCUT2D eigenvalue weighted by Crippen LogP contribution is 2.38. The van der Waals surface area contributed by atoms with Gasteiger partial charge >= 0.3 is 0 Å². The lowest BCUT2D eigenvalue weighted by Gasteiger charge is -2.48. The molecule has 2 bridgehead atoms. The van der Waals surface area contributed by atoms with E-state index in [0.717, 1.165) is 25.8 Å². The van der Waals surface area contributed by atoms with Gasteiger partial charge in [-0.2, -0.15) is 0 Å². The Morgan fingerprint density at radius 1 is 1.04 bits per heavy atom. The molecule has 0 N–H and O–H groups in total. The standard InChI is InChI=1S/C21H29NO3/c23-20(9-10-21-24-11-12-25-21)17-13-18-7-4-8-19(14-17)22(18)15-16-5-2-1-3-6-16/h1-3,5-6,17-19,21H,4,7-15H2. The van der Waals surface area contributed by atoms with Crippen molar-refractivity contribution < 1.29 is 14.3 Å². The minimum absolute atomic E-state index is 0.151. The number of ether oxygens (including phenoxy) is 2. The number of nitrogens with zero attached hydrogens (tertiary/aromatic N) is 1. The van der Waals surface area contributed by atoms with E-state index in [1.54, 1.807) is 0 Å². The SMILES string of the molecule is O=C(CCC1OCCO1)C1CC2CCCC(C1)N2Cc1ccccc1. The first-order chi connectivity index (χ1) is 12.3. The summed E-state index contributed by atoms with van der Waals surface area (Å²) in [5.74, 6) is 0.666. The van der Waals surface area contributed by atoms with Gasteiger partial charge in [-0.15, -0.1) is 0 Å². The summed E-state index contributed by atoms with van der Waals surface area (Å²) in [6, 6.07) is 11.9. The molecule has 0 amide bonds. The van der Waals surface area contributed by atoms with Crippen molar-refractivity contribution in [2.75, 3.05) is 13.2 Å². The molecule has 1 aromatic rings. The molecule has 2 unspecified atom stereocenters. The third-order valence-electron chi connectivity index (χ3n) is 6.11. The largest absolute Gasteiger partial charge is 0.350 e. The van der Waals surface area contributed by atoms with Crippen LogP contribution in [0.5, 0.6) is 0 Å². The van der Waals surface area contributed by atoms with Gasteiger partial charge in [0.15, 0.2) is 6.29 Å². The monoisotopic (exact) mass is 343 g/mol. The van der Waals surface area contributed by atoms with Crippen LogP contribution >= 0.6 is 0 Å². The molecule has 4 nitrogen and oxygen atoms in total. The fourth-order valence-electron chi connectivity index (χ4n) is 4.83.